The van der Waals surface area contributed by atoms with Crippen LogP contribution in [0.1, 0.15) is 5.56 Å². The predicted molar refractivity (Wildman–Crippen MR) is 49.8 cm³/mol. The van der Waals surface area contributed by atoms with Crippen LogP contribution in [-0.4, -0.2) is 13.1 Å². The molecule has 1 aromatic carbocycles. The summed E-state index contributed by atoms with van der Waals surface area (Å²) in [5.74, 6) is -0.745. The highest BCUT2D eigenvalue weighted by Gasteiger charge is 2.04. The Bertz CT molecular complexity index is 305. The fraction of sp³-hybridized carbons (Fsp3) is 0.222. The zero-order valence-electron chi connectivity index (χ0n) is 7.01. The van der Waals surface area contributed by atoms with Crippen LogP contribution in [0.2, 0.25) is 0 Å². The summed E-state index contributed by atoms with van der Waals surface area (Å²) in [6.45, 7) is 0. The van der Waals surface area contributed by atoms with E-state index in [0.29, 0.717) is 10.0 Å². The summed E-state index contributed by atoms with van der Waals surface area (Å²) in [4.78, 5) is 10.8. The van der Waals surface area contributed by atoms with Crippen molar-refractivity contribution in [3.63, 3.8) is 0 Å². The molecule has 0 aliphatic heterocycles. The van der Waals surface area contributed by atoms with Crippen molar-refractivity contribution < 1.29 is 13.9 Å². The minimum absolute atomic E-state index is 0.0901. The molecule has 0 heterocycles. The molecule has 0 radical (unpaired) electrons. The van der Waals surface area contributed by atoms with E-state index in [2.05, 4.69) is 20.7 Å². The largest absolute Gasteiger partial charge is 0.469 e. The normalized spacial score (nSPS) is 9.77. The van der Waals surface area contributed by atoms with Gasteiger partial charge in [0.05, 0.1) is 13.5 Å². The zero-order chi connectivity index (χ0) is 9.84. The molecule has 0 spiro atoms. The van der Waals surface area contributed by atoms with Gasteiger partial charge in [-0.05, 0) is 23.8 Å². The summed E-state index contributed by atoms with van der Waals surface area (Å²) in [6.07, 6.45) is 0.0901. The van der Waals surface area contributed by atoms with Crippen LogP contribution in [0.15, 0.2) is 22.7 Å². The minimum Gasteiger partial charge on any atom is -0.469 e. The van der Waals surface area contributed by atoms with Gasteiger partial charge >= 0.3 is 5.97 Å². The molecule has 0 saturated carbocycles. The van der Waals surface area contributed by atoms with E-state index in [1.54, 1.807) is 6.07 Å². The summed E-state index contributed by atoms with van der Waals surface area (Å²) in [5, 5.41) is 0. The van der Waals surface area contributed by atoms with Gasteiger partial charge in [-0.25, -0.2) is 4.39 Å². The quantitative estimate of drug-likeness (QED) is 0.749. The van der Waals surface area contributed by atoms with Gasteiger partial charge < -0.3 is 4.74 Å². The first-order valence-electron chi connectivity index (χ1n) is 3.63. The second-order valence-electron chi connectivity index (χ2n) is 2.53. The summed E-state index contributed by atoms with van der Waals surface area (Å²) < 4.78 is 17.9. The number of carbonyl (C=O) groups is 1. The lowest BCUT2D eigenvalue weighted by atomic mass is 10.1. The van der Waals surface area contributed by atoms with E-state index in [4.69, 9.17) is 0 Å². The van der Waals surface area contributed by atoms with Gasteiger partial charge in [0.25, 0.3) is 0 Å². The third-order valence-corrected chi connectivity index (χ3v) is 1.96. The first-order valence-corrected chi connectivity index (χ1v) is 4.43. The highest BCUT2D eigenvalue weighted by molar-refractivity contribution is 9.10. The molecule has 2 nitrogen and oxygen atoms in total. The predicted octanol–water partition coefficient (Wildman–Crippen LogP) is 2.30. The van der Waals surface area contributed by atoms with Crippen LogP contribution in [-0.2, 0) is 16.0 Å². The van der Waals surface area contributed by atoms with E-state index in [-0.39, 0.29) is 18.2 Å². The molecule has 0 aliphatic rings. The zero-order valence-corrected chi connectivity index (χ0v) is 8.60. The number of hydrogen-bond donors (Lipinski definition) is 0. The Balaban J connectivity index is 2.83. The third kappa shape index (κ3) is 3.14. The van der Waals surface area contributed by atoms with Crippen LogP contribution in [0, 0.1) is 5.82 Å². The number of hydrogen-bond acceptors (Lipinski definition) is 2. The second-order valence-corrected chi connectivity index (χ2v) is 3.45. The molecule has 0 fully saturated rings. The molecular weight excluding hydrogens is 239 g/mol. The monoisotopic (exact) mass is 246 g/mol. The maximum atomic E-state index is 12.8. The van der Waals surface area contributed by atoms with Gasteiger partial charge in [-0.3, -0.25) is 4.79 Å². The van der Waals surface area contributed by atoms with Gasteiger partial charge in [0.2, 0.25) is 0 Å². The number of benzene rings is 1. The fourth-order valence-electron chi connectivity index (χ4n) is 0.952. The molecular formula is C9H8BrFO2. The average molecular weight is 247 g/mol. The highest BCUT2D eigenvalue weighted by Crippen LogP contribution is 2.15. The molecule has 1 rings (SSSR count). The van der Waals surface area contributed by atoms with Crippen molar-refractivity contribution in [2.24, 2.45) is 0 Å². The lowest BCUT2D eigenvalue weighted by Gasteiger charge is -2.00. The number of methoxy groups -OCH3 is 1. The Morgan fingerprint density at radius 2 is 2.23 bits per heavy atom. The minimum atomic E-state index is -0.377. The van der Waals surface area contributed by atoms with Gasteiger partial charge in [0.1, 0.15) is 5.82 Å². The van der Waals surface area contributed by atoms with Crippen LogP contribution in [0.4, 0.5) is 4.39 Å². The molecule has 0 saturated heterocycles. The van der Waals surface area contributed by atoms with Gasteiger partial charge in [-0.1, -0.05) is 15.9 Å². The van der Waals surface area contributed by atoms with Crippen LogP contribution in [0.5, 0.6) is 0 Å². The van der Waals surface area contributed by atoms with Crippen LogP contribution in [0.25, 0.3) is 0 Å². The third-order valence-electron chi connectivity index (χ3n) is 1.50. The summed E-state index contributed by atoms with van der Waals surface area (Å²) in [7, 11) is 1.30. The number of carbonyl (C=O) groups excluding carboxylic acids is 1. The van der Waals surface area contributed by atoms with E-state index >= 15 is 0 Å². The highest BCUT2D eigenvalue weighted by atomic mass is 79.9. The maximum Gasteiger partial charge on any atom is 0.309 e. The molecule has 0 atom stereocenters. The van der Waals surface area contributed by atoms with Crippen molar-refractivity contribution in [2.75, 3.05) is 7.11 Å². The molecule has 70 valence electrons. The standard InChI is InChI=1S/C9H8BrFO2/c1-13-9(12)4-6-2-7(10)5-8(11)3-6/h2-3,5H,4H2,1H3. The second kappa shape index (κ2) is 4.37. The number of ether oxygens (including phenoxy) is 1. The van der Waals surface area contributed by atoms with Crippen LogP contribution >= 0.6 is 15.9 Å². The van der Waals surface area contributed by atoms with Crippen molar-refractivity contribution in [1.29, 1.82) is 0 Å². The Labute approximate surface area is 83.8 Å². The number of esters is 1. The van der Waals surface area contributed by atoms with Gasteiger partial charge in [-0.15, -0.1) is 0 Å². The van der Waals surface area contributed by atoms with Crippen molar-refractivity contribution in [3.8, 4) is 0 Å². The first kappa shape index (κ1) is 10.2. The Kier molecular flexibility index (Phi) is 3.42. The van der Waals surface area contributed by atoms with Crippen LogP contribution < -0.4 is 0 Å². The van der Waals surface area contributed by atoms with Crippen molar-refractivity contribution in [3.05, 3.63) is 34.1 Å². The molecule has 0 N–H and O–H groups in total. The Morgan fingerprint density at radius 1 is 1.54 bits per heavy atom. The molecule has 1 aromatic rings. The van der Waals surface area contributed by atoms with E-state index in [9.17, 15) is 9.18 Å². The summed E-state index contributed by atoms with van der Waals surface area (Å²) in [6, 6.07) is 4.32. The fourth-order valence-corrected chi connectivity index (χ4v) is 1.46. The average Bonchev–Trinajstić information content (AvgIpc) is 2.02. The molecule has 0 unspecified atom stereocenters. The van der Waals surface area contributed by atoms with E-state index in [1.807, 2.05) is 0 Å². The molecule has 0 aromatic heterocycles. The topological polar surface area (TPSA) is 26.3 Å². The molecule has 4 heteroatoms. The number of halogens is 2. The lowest BCUT2D eigenvalue weighted by Crippen LogP contribution is -2.04. The molecule has 0 amide bonds. The van der Waals surface area contributed by atoms with Crippen molar-refractivity contribution >= 4 is 21.9 Å². The molecule has 13 heavy (non-hydrogen) atoms. The van der Waals surface area contributed by atoms with Gasteiger partial charge in [-0.2, -0.15) is 0 Å². The number of rotatable bonds is 2. The van der Waals surface area contributed by atoms with E-state index in [1.165, 1.54) is 19.2 Å². The van der Waals surface area contributed by atoms with E-state index < -0.39 is 0 Å². The SMILES string of the molecule is COC(=O)Cc1cc(F)cc(Br)c1. The summed E-state index contributed by atoms with van der Waals surface area (Å²) >= 11 is 3.13. The Hall–Kier alpha value is -0.900. The van der Waals surface area contributed by atoms with Crippen molar-refractivity contribution in [2.45, 2.75) is 6.42 Å². The maximum absolute atomic E-state index is 12.8. The first-order chi connectivity index (χ1) is 6.11. The molecule has 0 bridgehead atoms. The van der Waals surface area contributed by atoms with Crippen molar-refractivity contribution in [1.82, 2.24) is 0 Å². The van der Waals surface area contributed by atoms with Gasteiger partial charge in [0.15, 0.2) is 0 Å². The lowest BCUT2D eigenvalue weighted by molar-refractivity contribution is -0.139. The smallest absolute Gasteiger partial charge is 0.309 e. The molecule has 0 aliphatic carbocycles. The van der Waals surface area contributed by atoms with Crippen LogP contribution in [0.3, 0.4) is 0 Å². The van der Waals surface area contributed by atoms with E-state index in [0.717, 1.165) is 0 Å². The Morgan fingerprint density at radius 3 is 2.77 bits per heavy atom. The summed E-state index contributed by atoms with van der Waals surface area (Å²) in [5.41, 5.74) is 0.596. The van der Waals surface area contributed by atoms with Gasteiger partial charge in [0, 0.05) is 4.47 Å².